The number of aryl methyl sites for hydroxylation is 1. The number of carbonyl (C=O) groups excluding carboxylic acids is 1. The van der Waals surface area contributed by atoms with Crippen LogP contribution >= 0.6 is 0 Å². The molecule has 0 bridgehead atoms. The van der Waals surface area contributed by atoms with Crippen molar-refractivity contribution in [1.82, 2.24) is 10.3 Å². The number of benzene rings is 1. The van der Waals surface area contributed by atoms with Crippen LogP contribution in [-0.2, 0) is 0 Å². The number of aromatic nitrogens is 1. The highest BCUT2D eigenvalue weighted by Crippen LogP contribution is 2.16. The van der Waals surface area contributed by atoms with Gasteiger partial charge in [0, 0.05) is 23.0 Å². The van der Waals surface area contributed by atoms with Crippen LogP contribution in [0.5, 0.6) is 0 Å². The molecule has 0 spiro atoms. The minimum absolute atomic E-state index is 0.123. The zero-order chi connectivity index (χ0) is 13.3. The van der Waals surface area contributed by atoms with Crippen LogP contribution in [-0.4, -0.2) is 23.0 Å². The van der Waals surface area contributed by atoms with Crippen LogP contribution in [0.25, 0.3) is 10.9 Å². The molecule has 0 saturated heterocycles. The molecule has 2 rings (SSSR count). The van der Waals surface area contributed by atoms with Gasteiger partial charge in [-0.3, -0.25) is 4.79 Å². The van der Waals surface area contributed by atoms with E-state index in [1.807, 2.05) is 45.0 Å². The molecule has 0 aliphatic rings. The monoisotopic (exact) mass is 245 g/mol. The van der Waals surface area contributed by atoms with Crippen molar-refractivity contribution in [3.63, 3.8) is 0 Å². The van der Waals surface area contributed by atoms with Gasteiger partial charge in [0.25, 0.3) is 5.91 Å². The third kappa shape index (κ3) is 2.90. The number of fused-ring (bicyclic) bond motifs is 1. The van der Waals surface area contributed by atoms with Crippen LogP contribution in [0.2, 0.25) is 0 Å². The molecule has 0 aliphatic carbocycles. The topological polar surface area (TPSA) is 70.9 Å². The molecule has 4 nitrogen and oxygen atoms in total. The third-order valence-corrected chi connectivity index (χ3v) is 2.73. The standard InChI is InChI=1S/C14H19N3O/c1-9-4-5-10-7-12(17-11(10)6-9)13(18)16-8-14(2,3)15/h4-7,17H,8,15H2,1-3H3,(H,16,18). The molecule has 0 atom stereocenters. The number of aromatic amines is 1. The summed E-state index contributed by atoms with van der Waals surface area (Å²) in [6.07, 6.45) is 0. The van der Waals surface area contributed by atoms with E-state index in [0.29, 0.717) is 12.2 Å². The maximum Gasteiger partial charge on any atom is 0.267 e. The maximum atomic E-state index is 11.9. The highest BCUT2D eigenvalue weighted by molar-refractivity contribution is 5.98. The summed E-state index contributed by atoms with van der Waals surface area (Å²) in [6, 6.07) is 7.91. The molecule has 4 N–H and O–H groups in total. The first-order valence-corrected chi connectivity index (χ1v) is 6.02. The Hall–Kier alpha value is -1.81. The number of hydrogen-bond donors (Lipinski definition) is 3. The Balaban J connectivity index is 2.18. The molecule has 96 valence electrons. The average Bonchev–Trinajstić information content (AvgIpc) is 2.67. The lowest BCUT2D eigenvalue weighted by molar-refractivity contribution is 0.0942. The van der Waals surface area contributed by atoms with Crippen LogP contribution in [0.3, 0.4) is 0 Å². The van der Waals surface area contributed by atoms with Gasteiger partial charge in [-0.25, -0.2) is 0 Å². The number of H-pyrrole nitrogens is 1. The Kier molecular flexibility index (Phi) is 3.13. The number of nitrogens with one attached hydrogen (secondary N) is 2. The van der Waals surface area contributed by atoms with Gasteiger partial charge in [-0.2, -0.15) is 0 Å². The molecular weight excluding hydrogens is 226 g/mol. The van der Waals surface area contributed by atoms with Gasteiger partial charge in [-0.15, -0.1) is 0 Å². The highest BCUT2D eigenvalue weighted by Gasteiger charge is 2.14. The number of hydrogen-bond acceptors (Lipinski definition) is 2. The van der Waals surface area contributed by atoms with Crippen molar-refractivity contribution in [2.75, 3.05) is 6.54 Å². The van der Waals surface area contributed by atoms with Gasteiger partial charge in [0.1, 0.15) is 5.69 Å². The smallest absolute Gasteiger partial charge is 0.267 e. The summed E-state index contributed by atoms with van der Waals surface area (Å²) in [5.74, 6) is -0.123. The summed E-state index contributed by atoms with van der Waals surface area (Å²) < 4.78 is 0. The first-order chi connectivity index (χ1) is 8.35. The molecule has 0 fully saturated rings. The molecule has 1 heterocycles. The van der Waals surface area contributed by atoms with E-state index in [9.17, 15) is 4.79 Å². The van der Waals surface area contributed by atoms with E-state index in [1.165, 1.54) is 5.56 Å². The second-order valence-corrected chi connectivity index (χ2v) is 5.44. The summed E-state index contributed by atoms with van der Waals surface area (Å²) in [5, 5.41) is 3.86. The SMILES string of the molecule is Cc1ccc2cc(C(=O)NCC(C)(C)N)[nH]c2c1. The average molecular weight is 245 g/mol. The Labute approximate surface area is 107 Å². The summed E-state index contributed by atoms with van der Waals surface area (Å²) in [7, 11) is 0. The summed E-state index contributed by atoms with van der Waals surface area (Å²) in [5.41, 5.74) is 8.14. The second kappa shape index (κ2) is 4.46. The van der Waals surface area contributed by atoms with E-state index in [1.54, 1.807) is 0 Å². The molecule has 1 aromatic carbocycles. The van der Waals surface area contributed by atoms with E-state index in [2.05, 4.69) is 10.3 Å². The van der Waals surface area contributed by atoms with Crippen molar-refractivity contribution >= 4 is 16.8 Å². The van der Waals surface area contributed by atoms with Crippen LogP contribution in [0.4, 0.5) is 0 Å². The molecule has 1 aromatic heterocycles. The molecule has 0 unspecified atom stereocenters. The fourth-order valence-electron chi connectivity index (χ4n) is 1.77. The molecule has 1 amide bonds. The summed E-state index contributed by atoms with van der Waals surface area (Å²) in [4.78, 5) is 15.1. The first-order valence-electron chi connectivity index (χ1n) is 6.02. The van der Waals surface area contributed by atoms with E-state index >= 15 is 0 Å². The molecule has 0 radical (unpaired) electrons. The van der Waals surface area contributed by atoms with Gasteiger partial charge in [0.2, 0.25) is 0 Å². The number of carbonyl (C=O) groups is 1. The summed E-state index contributed by atoms with van der Waals surface area (Å²) >= 11 is 0. The van der Waals surface area contributed by atoms with Crippen molar-refractivity contribution in [1.29, 1.82) is 0 Å². The van der Waals surface area contributed by atoms with Crippen molar-refractivity contribution in [2.45, 2.75) is 26.3 Å². The number of nitrogens with two attached hydrogens (primary N) is 1. The van der Waals surface area contributed by atoms with E-state index < -0.39 is 5.54 Å². The summed E-state index contributed by atoms with van der Waals surface area (Å²) in [6.45, 7) is 6.22. The predicted octanol–water partition coefficient (Wildman–Crippen LogP) is 1.94. The van der Waals surface area contributed by atoms with Crippen LogP contribution < -0.4 is 11.1 Å². The van der Waals surface area contributed by atoms with Crippen molar-refractivity contribution in [3.8, 4) is 0 Å². The van der Waals surface area contributed by atoms with Crippen LogP contribution in [0.1, 0.15) is 29.9 Å². The maximum absolute atomic E-state index is 11.9. The van der Waals surface area contributed by atoms with Crippen molar-refractivity contribution in [3.05, 3.63) is 35.5 Å². The number of rotatable bonds is 3. The van der Waals surface area contributed by atoms with Crippen LogP contribution in [0.15, 0.2) is 24.3 Å². The van der Waals surface area contributed by atoms with Gasteiger partial charge in [-0.05, 0) is 38.5 Å². The molecule has 0 aliphatic heterocycles. The zero-order valence-corrected chi connectivity index (χ0v) is 11.0. The first kappa shape index (κ1) is 12.6. The van der Waals surface area contributed by atoms with Crippen molar-refractivity contribution < 1.29 is 4.79 Å². The van der Waals surface area contributed by atoms with Crippen LogP contribution in [0, 0.1) is 6.92 Å². The predicted molar refractivity (Wildman–Crippen MR) is 73.6 cm³/mol. The zero-order valence-electron chi connectivity index (χ0n) is 11.0. The van der Waals surface area contributed by atoms with E-state index in [-0.39, 0.29) is 5.91 Å². The Morgan fingerprint density at radius 3 is 2.78 bits per heavy atom. The Morgan fingerprint density at radius 2 is 2.11 bits per heavy atom. The Bertz CT molecular complexity index is 578. The Morgan fingerprint density at radius 1 is 1.39 bits per heavy atom. The lowest BCUT2D eigenvalue weighted by Crippen LogP contribution is -2.45. The molecular formula is C14H19N3O. The van der Waals surface area contributed by atoms with Gasteiger partial charge in [0.05, 0.1) is 0 Å². The number of amides is 1. The fourth-order valence-corrected chi connectivity index (χ4v) is 1.77. The quantitative estimate of drug-likeness (QED) is 0.773. The van der Waals surface area contributed by atoms with E-state index in [4.69, 9.17) is 5.73 Å². The largest absolute Gasteiger partial charge is 0.351 e. The minimum Gasteiger partial charge on any atom is -0.351 e. The second-order valence-electron chi connectivity index (χ2n) is 5.44. The van der Waals surface area contributed by atoms with Gasteiger partial charge in [0.15, 0.2) is 0 Å². The highest BCUT2D eigenvalue weighted by atomic mass is 16.1. The van der Waals surface area contributed by atoms with Gasteiger partial charge < -0.3 is 16.0 Å². The fraction of sp³-hybridized carbons (Fsp3) is 0.357. The molecule has 2 aromatic rings. The van der Waals surface area contributed by atoms with E-state index in [0.717, 1.165) is 10.9 Å². The lowest BCUT2D eigenvalue weighted by atomic mass is 10.1. The minimum atomic E-state index is -0.405. The third-order valence-electron chi connectivity index (χ3n) is 2.73. The lowest BCUT2D eigenvalue weighted by Gasteiger charge is -2.18. The molecule has 4 heteroatoms. The van der Waals surface area contributed by atoms with Gasteiger partial charge in [-0.1, -0.05) is 12.1 Å². The normalized spacial score (nSPS) is 11.8. The van der Waals surface area contributed by atoms with Gasteiger partial charge >= 0.3 is 0 Å². The molecule has 18 heavy (non-hydrogen) atoms. The van der Waals surface area contributed by atoms with Crippen molar-refractivity contribution in [2.24, 2.45) is 5.73 Å². The molecule has 0 saturated carbocycles.